The molecule has 2 aromatic rings. The van der Waals surface area contributed by atoms with Crippen molar-refractivity contribution in [1.29, 1.82) is 0 Å². The van der Waals surface area contributed by atoms with E-state index >= 15 is 0 Å². The SMILES string of the molecule is COc1c(CC(=O)O)cnn1-c1cccc(Cl)c1. The molecule has 0 saturated heterocycles. The second kappa shape index (κ2) is 5.10. The Kier molecular flexibility index (Phi) is 3.53. The van der Waals surface area contributed by atoms with E-state index in [-0.39, 0.29) is 6.42 Å². The lowest BCUT2D eigenvalue weighted by atomic mass is 10.2. The largest absolute Gasteiger partial charge is 0.481 e. The Hall–Kier alpha value is -2.01. The van der Waals surface area contributed by atoms with Crippen LogP contribution in [0.15, 0.2) is 30.5 Å². The predicted octanol–water partition coefficient (Wildman–Crippen LogP) is 2.16. The van der Waals surface area contributed by atoms with Crippen molar-refractivity contribution in [3.05, 3.63) is 41.0 Å². The molecule has 0 spiro atoms. The van der Waals surface area contributed by atoms with Crippen molar-refractivity contribution in [2.45, 2.75) is 6.42 Å². The summed E-state index contributed by atoms with van der Waals surface area (Å²) in [5, 5.41) is 13.5. The lowest BCUT2D eigenvalue weighted by Crippen LogP contribution is -2.04. The molecule has 1 heterocycles. The van der Waals surface area contributed by atoms with Gasteiger partial charge in [0, 0.05) is 10.6 Å². The van der Waals surface area contributed by atoms with Crippen LogP contribution >= 0.6 is 11.6 Å². The highest BCUT2D eigenvalue weighted by atomic mass is 35.5. The molecule has 0 fully saturated rings. The molecule has 1 aromatic carbocycles. The minimum Gasteiger partial charge on any atom is -0.481 e. The van der Waals surface area contributed by atoms with Crippen LogP contribution in [0.2, 0.25) is 5.02 Å². The molecule has 94 valence electrons. The summed E-state index contributed by atoms with van der Waals surface area (Å²) in [6.45, 7) is 0. The van der Waals surface area contributed by atoms with Gasteiger partial charge in [0.2, 0.25) is 5.88 Å². The maximum absolute atomic E-state index is 10.7. The number of nitrogens with zero attached hydrogens (tertiary/aromatic N) is 2. The lowest BCUT2D eigenvalue weighted by molar-refractivity contribution is -0.136. The fraction of sp³-hybridized carbons (Fsp3) is 0.167. The summed E-state index contributed by atoms with van der Waals surface area (Å²) >= 11 is 5.91. The van der Waals surface area contributed by atoms with Crippen LogP contribution < -0.4 is 4.74 Å². The maximum Gasteiger partial charge on any atom is 0.308 e. The first-order valence-corrected chi connectivity index (χ1v) is 5.58. The summed E-state index contributed by atoms with van der Waals surface area (Å²) in [7, 11) is 1.48. The van der Waals surface area contributed by atoms with E-state index in [1.54, 1.807) is 18.2 Å². The van der Waals surface area contributed by atoms with Crippen LogP contribution in [0.4, 0.5) is 0 Å². The van der Waals surface area contributed by atoms with Crippen molar-refractivity contribution in [2.75, 3.05) is 7.11 Å². The number of hydrogen-bond acceptors (Lipinski definition) is 3. The number of carbonyl (C=O) groups is 1. The number of carboxylic acids is 1. The molecule has 6 heteroatoms. The highest BCUT2D eigenvalue weighted by Crippen LogP contribution is 2.24. The first kappa shape index (κ1) is 12.4. The molecule has 1 N–H and O–H groups in total. The topological polar surface area (TPSA) is 64.3 Å². The van der Waals surface area contributed by atoms with Crippen LogP contribution in [0.3, 0.4) is 0 Å². The number of carboxylic acid groups (broad SMARTS) is 1. The number of aromatic nitrogens is 2. The van der Waals surface area contributed by atoms with Crippen molar-refractivity contribution in [1.82, 2.24) is 9.78 Å². The summed E-state index contributed by atoms with van der Waals surface area (Å²) in [6, 6.07) is 7.07. The predicted molar refractivity (Wildman–Crippen MR) is 66.5 cm³/mol. The minimum atomic E-state index is -0.932. The third-order valence-corrected chi connectivity index (χ3v) is 2.62. The first-order chi connectivity index (χ1) is 8.61. The third-order valence-electron chi connectivity index (χ3n) is 2.38. The number of hydrogen-bond donors (Lipinski definition) is 1. The van der Waals surface area contributed by atoms with Crippen LogP contribution in [0.5, 0.6) is 5.88 Å². The molecule has 0 atom stereocenters. The molecule has 0 aliphatic heterocycles. The van der Waals surface area contributed by atoms with Gasteiger partial charge in [-0.05, 0) is 18.2 Å². The van der Waals surface area contributed by atoms with Gasteiger partial charge in [0.15, 0.2) is 0 Å². The molecular formula is C12H11ClN2O3. The van der Waals surface area contributed by atoms with Gasteiger partial charge in [-0.1, -0.05) is 17.7 Å². The van der Waals surface area contributed by atoms with E-state index in [4.69, 9.17) is 21.4 Å². The second-order valence-corrected chi connectivity index (χ2v) is 4.08. The van der Waals surface area contributed by atoms with E-state index in [1.807, 2.05) is 6.07 Å². The average Bonchev–Trinajstić information content (AvgIpc) is 2.71. The first-order valence-electron chi connectivity index (χ1n) is 5.20. The molecular weight excluding hydrogens is 256 g/mol. The summed E-state index contributed by atoms with van der Waals surface area (Å²) in [6.07, 6.45) is 1.34. The number of halogens is 1. The molecule has 0 aliphatic carbocycles. The average molecular weight is 267 g/mol. The second-order valence-electron chi connectivity index (χ2n) is 3.64. The Balaban J connectivity index is 2.45. The molecule has 5 nitrogen and oxygen atoms in total. The smallest absolute Gasteiger partial charge is 0.308 e. The maximum atomic E-state index is 10.7. The Morgan fingerprint density at radius 2 is 2.33 bits per heavy atom. The molecule has 18 heavy (non-hydrogen) atoms. The van der Waals surface area contributed by atoms with Gasteiger partial charge in [-0.15, -0.1) is 0 Å². The molecule has 0 saturated carbocycles. The zero-order valence-electron chi connectivity index (χ0n) is 9.63. The van der Waals surface area contributed by atoms with Gasteiger partial charge in [0.25, 0.3) is 0 Å². The fourth-order valence-corrected chi connectivity index (χ4v) is 1.85. The lowest BCUT2D eigenvalue weighted by Gasteiger charge is -2.07. The van der Waals surface area contributed by atoms with E-state index in [0.717, 1.165) is 5.69 Å². The normalized spacial score (nSPS) is 10.3. The van der Waals surface area contributed by atoms with Crippen molar-refractivity contribution in [2.24, 2.45) is 0 Å². The van der Waals surface area contributed by atoms with Crippen molar-refractivity contribution in [3.63, 3.8) is 0 Å². The van der Waals surface area contributed by atoms with Crippen molar-refractivity contribution < 1.29 is 14.6 Å². The fourth-order valence-electron chi connectivity index (χ4n) is 1.66. The van der Waals surface area contributed by atoms with Crippen LogP contribution in [0.1, 0.15) is 5.56 Å². The van der Waals surface area contributed by atoms with Crippen LogP contribution in [0, 0.1) is 0 Å². The number of benzene rings is 1. The third kappa shape index (κ3) is 2.46. The van der Waals surface area contributed by atoms with Gasteiger partial charge in [0.05, 0.1) is 25.4 Å². The molecule has 0 aliphatic rings. The molecule has 2 rings (SSSR count). The van der Waals surface area contributed by atoms with E-state index < -0.39 is 5.97 Å². The standard InChI is InChI=1S/C12H11ClN2O3/c1-18-12-8(5-11(16)17)7-14-15(12)10-4-2-3-9(13)6-10/h2-4,6-7H,5H2,1H3,(H,16,17). The molecule has 0 radical (unpaired) electrons. The van der Waals surface area contributed by atoms with Crippen LogP contribution in [0.25, 0.3) is 5.69 Å². The zero-order chi connectivity index (χ0) is 13.1. The Morgan fingerprint density at radius 3 is 2.94 bits per heavy atom. The van der Waals surface area contributed by atoms with E-state index in [1.165, 1.54) is 18.0 Å². The molecule has 0 bridgehead atoms. The van der Waals surface area contributed by atoms with Gasteiger partial charge in [-0.3, -0.25) is 4.79 Å². The molecule has 1 aromatic heterocycles. The van der Waals surface area contributed by atoms with Crippen molar-refractivity contribution >= 4 is 17.6 Å². The van der Waals surface area contributed by atoms with Crippen LogP contribution in [-0.2, 0) is 11.2 Å². The summed E-state index contributed by atoms with van der Waals surface area (Å²) < 4.78 is 6.72. The van der Waals surface area contributed by atoms with Gasteiger partial charge < -0.3 is 9.84 Å². The Labute approximate surface area is 109 Å². The Bertz CT molecular complexity index is 580. The van der Waals surface area contributed by atoms with E-state index in [2.05, 4.69) is 5.10 Å². The van der Waals surface area contributed by atoms with Crippen molar-refractivity contribution in [3.8, 4) is 11.6 Å². The van der Waals surface area contributed by atoms with Gasteiger partial charge in [-0.25, -0.2) is 4.68 Å². The van der Waals surface area contributed by atoms with Gasteiger partial charge in [0.1, 0.15) is 0 Å². The molecule has 0 unspecified atom stereocenters. The summed E-state index contributed by atoms with van der Waals surface area (Å²) in [4.78, 5) is 10.7. The number of rotatable bonds is 4. The summed E-state index contributed by atoms with van der Waals surface area (Å²) in [5.41, 5.74) is 1.24. The number of methoxy groups -OCH3 is 1. The van der Waals surface area contributed by atoms with Crippen LogP contribution in [-0.4, -0.2) is 28.0 Å². The van der Waals surface area contributed by atoms with E-state index in [9.17, 15) is 4.79 Å². The quantitative estimate of drug-likeness (QED) is 0.921. The van der Waals surface area contributed by atoms with Gasteiger partial charge in [-0.2, -0.15) is 5.10 Å². The van der Waals surface area contributed by atoms with Gasteiger partial charge >= 0.3 is 5.97 Å². The monoisotopic (exact) mass is 266 g/mol. The highest BCUT2D eigenvalue weighted by molar-refractivity contribution is 6.30. The highest BCUT2D eigenvalue weighted by Gasteiger charge is 2.15. The molecule has 0 amide bonds. The zero-order valence-corrected chi connectivity index (χ0v) is 10.4. The minimum absolute atomic E-state index is 0.135. The summed E-state index contributed by atoms with van der Waals surface area (Å²) in [5.74, 6) is -0.529. The van der Waals surface area contributed by atoms with E-state index in [0.29, 0.717) is 16.5 Å². The Morgan fingerprint density at radius 1 is 1.56 bits per heavy atom. The number of aliphatic carboxylic acids is 1. The number of ether oxygens (including phenoxy) is 1.